The number of piperidine rings is 1. The predicted octanol–water partition coefficient (Wildman–Crippen LogP) is 4.80. The number of likely N-dealkylation sites (tertiary alicyclic amines) is 1. The smallest absolute Gasteiger partial charge is 0.263 e. The minimum Gasteiger partial charge on any atom is -0.493 e. The zero-order valence-electron chi connectivity index (χ0n) is 18.7. The Labute approximate surface area is 202 Å². The topological polar surface area (TPSA) is 74.3 Å². The molecule has 2 aliphatic rings. The van der Waals surface area contributed by atoms with E-state index in [2.05, 4.69) is 0 Å². The molecule has 0 radical (unpaired) electrons. The van der Waals surface area contributed by atoms with E-state index in [1.54, 1.807) is 42.2 Å². The van der Waals surface area contributed by atoms with E-state index < -0.39 is 11.7 Å². The Balaban J connectivity index is 1.45. The fraction of sp³-hybridized carbons (Fsp3) is 0.417. The zero-order valence-corrected chi connectivity index (χ0v) is 20.2. The molecule has 1 atom stereocenters. The van der Waals surface area contributed by atoms with E-state index >= 15 is 0 Å². The van der Waals surface area contributed by atoms with Gasteiger partial charge in [-0.3, -0.25) is 9.59 Å². The number of methoxy groups -OCH3 is 2. The lowest BCUT2D eigenvalue weighted by Crippen LogP contribution is -2.54. The molecule has 0 aromatic heterocycles. The second kappa shape index (κ2) is 9.31. The number of Topliss-reactive ketones (excluding diaryl/α,β-unsaturated/α-hetero) is 1. The van der Waals surface area contributed by atoms with Gasteiger partial charge < -0.3 is 23.8 Å². The number of amides is 1. The van der Waals surface area contributed by atoms with E-state index in [4.69, 9.17) is 42.1 Å². The maximum atomic E-state index is 13.0. The number of ketones is 1. The van der Waals surface area contributed by atoms with E-state index in [0.29, 0.717) is 64.5 Å². The molecule has 2 heterocycles. The molecule has 2 aromatic carbocycles. The first kappa shape index (κ1) is 23.5. The van der Waals surface area contributed by atoms with Crippen molar-refractivity contribution in [3.8, 4) is 23.0 Å². The van der Waals surface area contributed by atoms with Crippen LogP contribution in [0.3, 0.4) is 0 Å². The Morgan fingerprint density at radius 1 is 1.09 bits per heavy atom. The van der Waals surface area contributed by atoms with Gasteiger partial charge in [0, 0.05) is 31.0 Å². The summed E-state index contributed by atoms with van der Waals surface area (Å²) in [5.74, 6) is 1.54. The molecule has 1 saturated heterocycles. The second-order valence-corrected chi connectivity index (χ2v) is 9.07. The van der Waals surface area contributed by atoms with Gasteiger partial charge in [0.05, 0.1) is 31.2 Å². The molecular formula is C24H25Cl2NO6. The van der Waals surface area contributed by atoms with Gasteiger partial charge in [-0.15, -0.1) is 0 Å². The normalized spacial score (nSPS) is 17.7. The van der Waals surface area contributed by atoms with Crippen LogP contribution in [0.2, 0.25) is 10.0 Å². The summed E-state index contributed by atoms with van der Waals surface area (Å²) in [5.41, 5.74) is -0.206. The maximum Gasteiger partial charge on any atom is 0.263 e. The van der Waals surface area contributed by atoms with E-state index in [9.17, 15) is 9.59 Å². The minimum atomic E-state index is -0.725. The molecule has 1 fully saturated rings. The third kappa shape index (κ3) is 4.57. The summed E-state index contributed by atoms with van der Waals surface area (Å²) in [6.07, 6.45) is 0.554. The van der Waals surface area contributed by atoms with Crippen molar-refractivity contribution in [3.05, 3.63) is 45.9 Å². The van der Waals surface area contributed by atoms with Gasteiger partial charge in [-0.25, -0.2) is 0 Å². The number of hydrogen-bond donors (Lipinski definition) is 0. The number of rotatable bonds is 5. The number of carbonyl (C=O) groups excluding carboxylic acids is 2. The van der Waals surface area contributed by atoms with E-state index in [-0.39, 0.29) is 18.1 Å². The van der Waals surface area contributed by atoms with Gasteiger partial charge >= 0.3 is 0 Å². The van der Waals surface area contributed by atoms with Crippen LogP contribution in [0.1, 0.15) is 36.5 Å². The average Bonchev–Trinajstić information content (AvgIpc) is 2.80. The van der Waals surface area contributed by atoms with Crippen molar-refractivity contribution in [1.82, 2.24) is 4.90 Å². The number of benzene rings is 2. The third-order valence-electron chi connectivity index (χ3n) is 6.13. The van der Waals surface area contributed by atoms with Gasteiger partial charge in [-0.2, -0.15) is 0 Å². The highest BCUT2D eigenvalue weighted by Gasteiger charge is 2.45. The lowest BCUT2D eigenvalue weighted by atomic mass is 9.82. The standard InChI is InChI=1S/C24H25Cl2NO6/c1-14(32-19-6-4-15(25)12-17(19)26)23(29)27-10-8-24(9-11-27)13-18(28)16-5-7-20(30-2)22(31-3)21(16)33-24/h4-7,12,14H,8-11,13H2,1-3H3. The molecule has 2 aliphatic heterocycles. The van der Waals surface area contributed by atoms with Crippen LogP contribution in [-0.2, 0) is 4.79 Å². The number of fused-ring (bicyclic) bond motifs is 1. The molecule has 9 heteroatoms. The number of nitrogens with zero attached hydrogens (tertiary/aromatic N) is 1. The van der Waals surface area contributed by atoms with Crippen LogP contribution in [0.15, 0.2) is 30.3 Å². The number of ether oxygens (including phenoxy) is 4. The minimum absolute atomic E-state index is 0.00828. The molecule has 1 unspecified atom stereocenters. The van der Waals surface area contributed by atoms with Gasteiger partial charge in [0.2, 0.25) is 5.75 Å². The molecule has 7 nitrogen and oxygen atoms in total. The first-order valence-electron chi connectivity index (χ1n) is 10.6. The van der Waals surface area contributed by atoms with E-state index in [0.717, 1.165) is 0 Å². The van der Waals surface area contributed by atoms with Crippen LogP contribution in [0.4, 0.5) is 0 Å². The Morgan fingerprint density at radius 3 is 2.42 bits per heavy atom. The second-order valence-electron chi connectivity index (χ2n) is 8.22. The molecule has 0 saturated carbocycles. The Morgan fingerprint density at radius 2 is 1.79 bits per heavy atom. The fourth-order valence-corrected chi connectivity index (χ4v) is 4.80. The largest absolute Gasteiger partial charge is 0.493 e. The highest BCUT2D eigenvalue weighted by molar-refractivity contribution is 6.35. The van der Waals surface area contributed by atoms with Gasteiger partial charge in [-0.1, -0.05) is 23.2 Å². The lowest BCUT2D eigenvalue weighted by Gasteiger charge is -2.44. The van der Waals surface area contributed by atoms with Crippen molar-refractivity contribution in [2.24, 2.45) is 0 Å². The van der Waals surface area contributed by atoms with Crippen molar-refractivity contribution in [3.63, 3.8) is 0 Å². The summed E-state index contributed by atoms with van der Waals surface area (Å²) in [7, 11) is 3.05. The van der Waals surface area contributed by atoms with Crippen molar-refractivity contribution in [1.29, 1.82) is 0 Å². The van der Waals surface area contributed by atoms with Crippen LogP contribution in [-0.4, -0.2) is 55.6 Å². The van der Waals surface area contributed by atoms with Crippen LogP contribution in [0, 0.1) is 0 Å². The first-order chi connectivity index (χ1) is 15.8. The van der Waals surface area contributed by atoms with Crippen molar-refractivity contribution >= 4 is 34.9 Å². The summed E-state index contributed by atoms with van der Waals surface area (Å²) in [6, 6.07) is 8.26. The molecule has 33 heavy (non-hydrogen) atoms. The highest BCUT2D eigenvalue weighted by atomic mass is 35.5. The quantitative estimate of drug-likeness (QED) is 0.595. The maximum absolute atomic E-state index is 13.0. The monoisotopic (exact) mass is 493 g/mol. The van der Waals surface area contributed by atoms with E-state index in [1.807, 2.05) is 0 Å². The zero-order chi connectivity index (χ0) is 23.8. The van der Waals surface area contributed by atoms with Gasteiger partial charge in [0.1, 0.15) is 11.4 Å². The Hall–Kier alpha value is -2.64. The van der Waals surface area contributed by atoms with Crippen LogP contribution in [0.25, 0.3) is 0 Å². The summed E-state index contributed by atoms with van der Waals surface area (Å²) >= 11 is 12.1. The molecule has 0 N–H and O–H groups in total. The molecule has 1 amide bonds. The Kier molecular flexibility index (Phi) is 6.64. The molecular weight excluding hydrogens is 469 g/mol. The highest BCUT2D eigenvalue weighted by Crippen LogP contribution is 2.47. The van der Waals surface area contributed by atoms with Crippen LogP contribution >= 0.6 is 23.2 Å². The molecule has 1 spiro atoms. The van der Waals surface area contributed by atoms with E-state index in [1.165, 1.54) is 14.2 Å². The van der Waals surface area contributed by atoms with Crippen molar-refractivity contribution < 1.29 is 28.5 Å². The van der Waals surface area contributed by atoms with Gasteiger partial charge in [0.25, 0.3) is 5.91 Å². The van der Waals surface area contributed by atoms with Crippen molar-refractivity contribution in [2.45, 2.75) is 37.9 Å². The SMILES string of the molecule is COc1ccc2c(c1OC)OC1(CCN(C(=O)C(C)Oc3ccc(Cl)cc3Cl)CC1)CC2=O. The average molecular weight is 494 g/mol. The number of hydrogen-bond acceptors (Lipinski definition) is 6. The summed E-state index contributed by atoms with van der Waals surface area (Å²) < 4.78 is 23.0. The van der Waals surface area contributed by atoms with Gasteiger partial charge in [0.15, 0.2) is 23.4 Å². The summed E-state index contributed by atoms with van der Waals surface area (Å²) in [5, 5.41) is 0.836. The third-order valence-corrected chi connectivity index (χ3v) is 6.66. The predicted molar refractivity (Wildman–Crippen MR) is 124 cm³/mol. The summed E-state index contributed by atoms with van der Waals surface area (Å²) in [6.45, 7) is 2.57. The van der Waals surface area contributed by atoms with Crippen LogP contribution < -0.4 is 18.9 Å². The number of halogens is 2. The lowest BCUT2D eigenvalue weighted by molar-refractivity contribution is -0.141. The summed E-state index contributed by atoms with van der Waals surface area (Å²) in [4.78, 5) is 27.6. The Bertz CT molecular complexity index is 1080. The van der Waals surface area contributed by atoms with Crippen LogP contribution in [0.5, 0.6) is 23.0 Å². The first-order valence-corrected chi connectivity index (χ1v) is 11.4. The number of carbonyl (C=O) groups is 2. The molecule has 2 aromatic rings. The van der Waals surface area contributed by atoms with Crippen molar-refractivity contribution in [2.75, 3.05) is 27.3 Å². The van der Waals surface area contributed by atoms with Gasteiger partial charge in [-0.05, 0) is 37.3 Å². The molecule has 0 aliphatic carbocycles. The molecule has 4 rings (SSSR count). The fourth-order valence-electron chi connectivity index (χ4n) is 4.34. The molecule has 0 bridgehead atoms. The molecule has 176 valence electrons.